The molecule has 0 fully saturated rings. The highest BCUT2D eigenvalue weighted by Gasteiger charge is 2.16. The van der Waals surface area contributed by atoms with Gasteiger partial charge in [0.15, 0.2) is 5.57 Å². The molecule has 1 heterocycles. The van der Waals surface area contributed by atoms with Gasteiger partial charge in [0.05, 0.1) is 6.54 Å². The molecule has 0 bridgehead atoms. The molecule has 2 rings (SSSR count). The number of nitriles is 1. The molecule has 0 aliphatic rings. The number of rotatable bonds is 10. The highest BCUT2D eigenvalue weighted by Crippen LogP contribution is 2.15. The molecular formula is C23H27N5O4S. The molecule has 2 N–H and O–H groups in total. The van der Waals surface area contributed by atoms with Crippen molar-refractivity contribution < 1.29 is 14.3 Å². The molecule has 0 radical (unpaired) electrons. The summed E-state index contributed by atoms with van der Waals surface area (Å²) in [6, 6.07) is 8.91. The van der Waals surface area contributed by atoms with E-state index in [1.54, 1.807) is 31.2 Å². The maximum Gasteiger partial charge on any atom is 0.352 e. The van der Waals surface area contributed by atoms with Gasteiger partial charge in [0.1, 0.15) is 21.9 Å². The van der Waals surface area contributed by atoms with Crippen LogP contribution in [-0.2, 0) is 20.9 Å². The third kappa shape index (κ3) is 6.90. The minimum Gasteiger partial charge on any atom is -0.457 e. The Labute approximate surface area is 195 Å². The lowest BCUT2D eigenvalue weighted by Crippen LogP contribution is -2.32. The molecule has 33 heavy (non-hydrogen) atoms. The van der Waals surface area contributed by atoms with Crippen molar-refractivity contribution in [3.05, 3.63) is 56.5 Å². The van der Waals surface area contributed by atoms with E-state index in [4.69, 9.17) is 4.74 Å². The van der Waals surface area contributed by atoms with Gasteiger partial charge >= 0.3 is 5.97 Å². The number of nitrogens with zero attached hydrogens (tertiary/aromatic N) is 3. The predicted molar refractivity (Wildman–Crippen MR) is 130 cm³/mol. The largest absolute Gasteiger partial charge is 0.457 e. The summed E-state index contributed by atoms with van der Waals surface area (Å²) in [5.74, 6) is -0.936. The van der Waals surface area contributed by atoms with Crippen LogP contribution in [0.15, 0.2) is 41.7 Å². The number of carbonyl (C=O) groups excluding carboxylic acids is 2. The van der Waals surface area contributed by atoms with E-state index >= 15 is 0 Å². The van der Waals surface area contributed by atoms with Crippen LogP contribution in [0.1, 0.15) is 13.8 Å². The monoisotopic (exact) mass is 469 g/mol. The van der Waals surface area contributed by atoms with Crippen LogP contribution in [0.4, 0.5) is 11.4 Å². The van der Waals surface area contributed by atoms with Crippen molar-refractivity contribution in [1.82, 2.24) is 9.47 Å². The fourth-order valence-electron chi connectivity index (χ4n) is 2.77. The minimum atomic E-state index is -0.808. The molecule has 1 aromatic carbocycles. The van der Waals surface area contributed by atoms with E-state index < -0.39 is 5.97 Å². The third-order valence-electron chi connectivity index (χ3n) is 4.56. The molecule has 10 heteroatoms. The summed E-state index contributed by atoms with van der Waals surface area (Å²) in [4.78, 5) is 39.0. The van der Waals surface area contributed by atoms with Crippen LogP contribution in [0.3, 0.4) is 0 Å². The molecular weight excluding hydrogens is 442 g/mol. The van der Waals surface area contributed by atoms with Crippen LogP contribution in [0.25, 0.3) is 11.8 Å². The smallest absolute Gasteiger partial charge is 0.352 e. The minimum absolute atomic E-state index is 0.0338. The Morgan fingerprint density at radius 2 is 2.06 bits per heavy atom. The molecule has 0 saturated carbocycles. The van der Waals surface area contributed by atoms with Gasteiger partial charge < -0.3 is 15.4 Å². The van der Waals surface area contributed by atoms with E-state index in [1.807, 2.05) is 24.9 Å². The van der Waals surface area contributed by atoms with Gasteiger partial charge in [-0.1, -0.05) is 25.6 Å². The van der Waals surface area contributed by atoms with Gasteiger partial charge in [0.2, 0.25) is 5.91 Å². The van der Waals surface area contributed by atoms with Crippen molar-refractivity contribution in [2.75, 3.05) is 37.4 Å². The number of nitrogens with one attached hydrogen (secondary N) is 2. The highest BCUT2D eigenvalue weighted by atomic mass is 32.1. The van der Waals surface area contributed by atoms with Crippen LogP contribution in [-0.4, -0.2) is 48.1 Å². The van der Waals surface area contributed by atoms with Crippen LogP contribution < -0.4 is 25.4 Å². The number of anilines is 2. The summed E-state index contributed by atoms with van der Waals surface area (Å²) in [5, 5.41) is 15.3. The lowest BCUT2D eigenvalue weighted by atomic mass is 10.2. The highest BCUT2D eigenvalue weighted by molar-refractivity contribution is 7.07. The Hall–Kier alpha value is -3.68. The SMILES string of the molecule is C=CCOC(=O)/C(C#N)=c1\s/c(=C/Nc2cccc(NC(=O)CN(C)CC)c2)c(=O)n1CC. The molecule has 0 aliphatic carbocycles. The molecule has 9 nitrogen and oxygen atoms in total. The number of benzene rings is 1. The van der Waals surface area contributed by atoms with Crippen molar-refractivity contribution in [3.63, 3.8) is 0 Å². The topological polar surface area (TPSA) is 116 Å². The van der Waals surface area contributed by atoms with Gasteiger partial charge in [-0.05, 0) is 38.7 Å². The molecule has 0 unspecified atom stereocenters. The van der Waals surface area contributed by atoms with Gasteiger partial charge in [-0.15, -0.1) is 11.3 Å². The second kappa shape index (κ2) is 12.4. The van der Waals surface area contributed by atoms with Gasteiger partial charge in [0, 0.05) is 24.1 Å². The van der Waals surface area contributed by atoms with Crippen molar-refractivity contribution in [2.45, 2.75) is 20.4 Å². The van der Waals surface area contributed by atoms with E-state index in [2.05, 4.69) is 17.2 Å². The summed E-state index contributed by atoms with van der Waals surface area (Å²) in [6.45, 7) is 8.49. The first-order valence-corrected chi connectivity index (χ1v) is 11.1. The Bertz CT molecular complexity index is 1240. The number of hydrogen-bond acceptors (Lipinski definition) is 8. The van der Waals surface area contributed by atoms with Crippen molar-refractivity contribution >= 4 is 46.4 Å². The molecule has 0 saturated heterocycles. The van der Waals surface area contributed by atoms with Crippen LogP contribution in [0.2, 0.25) is 0 Å². The van der Waals surface area contributed by atoms with Crippen LogP contribution in [0, 0.1) is 11.3 Å². The molecule has 1 aromatic heterocycles. The zero-order valence-corrected chi connectivity index (χ0v) is 19.7. The standard InChI is InChI=1S/C23H27N5O4S/c1-5-11-32-23(31)18(13-24)22-28(7-3)21(30)19(33-22)14-25-16-9-8-10-17(12-16)26-20(29)15-27(4)6-2/h5,8-10,12,14,25H,1,6-7,11,15H2,2-4H3,(H,26,29)/b19-14+,22-18-. The number of ether oxygens (including phenoxy) is 1. The lowest BCUT2D eigenvalue weighted by Gasteiger charge is -2.13. The predicted octanol–water partition coefficient (Wildman–Crippen LogP) is 1.07. The molecule has 174 valence electrons. The van der Waals surface area contributed by atoms with Crippen LogP contribution >= 0.6 is 11.3 Å². The maximum atomic E-state index is 12.8. The zero-order valence-electron chi connectivity index (χ0n) is 18.9. The molecule has 0 atom stereocenters. The second-order valence-electron chi connectivity index (χ2n) is 6.94. The maximum absolute atomic E-state index is 12.8. The zero-order chi connectivity index (χ0) is 24.4. The summed E-state index contributed by atoms with van der Waals surface area (Å²) in [5.41, 5.74) is 0.707. The summed E-state index contributed by atoms with van der Waals surface area (Å²) in [6.07, 6.45) is 2.91. The number of aromatic nitrogens is 1. The van der Waals surface area contributed by atoms with Crippen molar-refractivity contribution in [1.29, 1.82) is 5.26 Å². The number of carbonyl (C=O) groups is 2. The van der Waals surface area contributed by atoms with E-state index in [-0.39, 0.29) is 41.4 Å². The Morgan fingerprint density at radius 1 is 1.33 bits per heavy atom. The number of thiazole rings is 1. The molecule has 1 amide bonds. The number of esters is 1. The second-order valence-corrected chi connectivity index (χ2v) is 7.97. The first kappa shape index (κ1) is 25.6. The fraction of sp³-hybridized carbons (Fsp3) is 0.304. The van der Waals surface area contributed by atoms with Gasteiger partial charge in [-0.3, -0.25) is 19.1 Å². The first-order chi connectivity index (χ1) is 15.8. The van der Waals surface area contributed by atoms with Gasteiger partial charge in [0.25, 0.3) is 5.56 Å². The van der Waals surface area contributed by atoms with E-state index in [0.29, 0.717) is 15.9 Å². The molecule has 2 aromatic rings. The summed E-state index contributed by atoms with van der Waals surface area (Å²) < 4.78 is 6.86. The van der Waals surface area contributed by atoms with E-state index in [9.17, 15) is 19.6 Å². The lowest BCUT2D eigenvalue weighted by molar-refractivity contribution is -0.135. The Kier molecular flexibility index (Phi) is 9.60. The average molecular weight is 470 g/mol. The Morgan fingerprint density at radius 3 is 2.70 bits per heavy atom. The Balaban J connectivity index is 2.34. The number of hydrogen-bond donors (Lipinski definition) is 2. The fourth-order valence-corrected chi connectivity index (χ4v) is 3.85. The van der Waals surface area contributed by atoms with Gasteiger partial charge in [-0.25, -0.2) is 4.79 Å². The average Bonchev–Trinajstić information content (AvgIpc) is 3.11. The normalized spacial score (nSPS) is 12.2. The quantitative estimate of drug-likeness (QED) is 0.395. The van der Waals surface area contributed by atoms with E-state index in [1.165, 1.54) is 16.8 Å². The van der Waals surface area contributed by atoms with Crippen LogP contribution in [0.5, 0.6) is 0 Å². The summed E-state index contributed by atoms with van der Waals surface area (Å²) in [7, 11) is 1.86. The summed E-state index contributed by atoms with van der Waals surface area (Å²) >= 11 is 1.02. The van der Waals surface area contributed by atoms with Crippen molar-refractivity contribution in [3.8, 4) is 6.07 Å². The third-order valence-corrected chi connectivity index (χ3v) is 5.69. The number of likely N-dealkylation sites (N-methyl/N-ethyl adjacent to an activating group) is 1. The van der Waals surface area contributed by atoms with Gasteiger partial charge in [-0.2, -0.15) is 5.26 Å². The van der Waals surface area contributed by atoms with Crippen molar-refractivity contribution in [2.24, 2.45) is 0 Å². The first-order valence-electron chi connectivity index (χ1n) is 10.3. The molecule has 0 spiro atoms. The molecule has 0 aliphatic heterocycles. The number of amides is 1. The van der Waals surface area contributed by atoms with E-state index in [0.717, 1.165) is 17.9 Å².